The Morgan fingerprint density at radius 3 is 1.74 bits per heavy atom. The van der Waals surface area contributed by atoms with Crippen molar-refractivity contribution in [1.29, 1.82) is 0 Å². The number of hydrogen-bond acceptors (Lipinski definition) is 5. The molecular formula is C45H27N3OS. The van der Waals surface area contributed by atoms with Gasteiger partial charge in [0, 0.05) is 47.8 Å². The molecule has 0 radical (unpaired) electrons. The molecule has 234 valence electrons. The van der Waals surface area contributed by atoms with E-state index in [9.17, 15) is 0 Å². The Hall–Kier alpha value is -6.43. The lowest BCUT2D eigenvalue weighted by molar-refractivity contribution is 0.631. The first kappa shape index (κ1) is 28.6. The largest absolute Gasteiger partial charge is 0.456 e. The second kappa shape index (κ2) is 11.6. The maximum absolute atomic E-state index is 6.14. The van der Waals surface area contributed by atoms with Gasteiger partial charge in [-0.15, -0.1) is 11.3 Å². The highest BCUT2D eigenvalue weighted by atomic mass is 32.1. The molecule has 0 fully saturated rings. The summed E-state index contributed by atoms with van der Waals surface area (Å²) in [6.45, 7) is 0. The van der Waals surface area contributed by atoms with E-state index in [2.05, 4.69) is 140 Å². The Kier molecular flexibility index (Phi) is 6.64. The van der Waals surface area contributed by atoms with Gasteiger partial charge in [0.25, 0.3) is 0 Å². The first-order valence-corrected chi connectivity index (χ1v) is 17.4. The molecule has 50 heavy (non-hydrogen) atoms. The number of furan rings is 1. The van der Waals surface area contributed by atoms with Gasteiger partial charge in [-0.25, -0.2) is 15.0 Å². The molecule has 7 aromatic carbocycles. The van der Waals surface area contributed by atoms with E-state index in [4.69, 9.17) is 19.4 Å². The van der Waals surface area contributed by atoms with Gasteiger partial charge in [-0.2, -0.15) is 0 Å². The standard InChI is InChI=1S/C45H27N3OS/c1-2-8-28(9-3-1)31-18-19-33-25-35(21-20-32(33)24-31)44-46-43(30-16-14-29(15-17-30)40-26-34-10-4-6-12-39(34)49-40)47-45(48-44)36-22-23-38-37-11-5-7-13-41(37)50-42(38)27-36/h1-27H. The fraction of sp³-hybridized carbons (Fsp3) is 0. The third kappa shape index (κ3) is 5.04. The van der Waals surface area contributed by atoms with Gasteiger partial charge in [0.15, 0.2) is 17.5 Å². The molecule has 0 aliphatic carbocycles. The van der Waals surface area contributed by atoms with E-state index in [1.807, 2.05) is 24.3 Å². The molecule has 0 amide bonds. The lowest BCUT2D eigenvalue weighted by atomic mass is 10.00. The number of fused-ring (bicyclic) bond motifs is 5. The van der Waals surface area contributed by atoms with E-state index in [0.29, 0.717) is 17.5 Å². The molecule has 4 nitrogen and oxygen atoms in total. The van der Waals surface area contributed by atoms with Crippen molar-refractivity contribution < 1.29 is 4.42 Å². The summed E-state index contributed by atoms with van der Waals surface area (Å²) in [6.07, 6.45) is 0. The number of aromatic nitrogens is 3. The summed E-state index contributed by atoms with van der Waals surface area (Å²) in [4.78, 5) is 15.2. The summed E-state index contributed by atoms with van der Waals surface area (Å²) in [5, 5.41) is 5.90. The molecule has 10 rings (SSSR count). The van der Waals surface area contributed by atoms with Crippen molar-refractivity contribution in [3.63, 3.8) is 0 Å². The van der Waals surface area contributed by atoms with Crippen LogP contribution in [0.4, 0.5) is 0 Å². The van der Waals surface area contributed by atoms with Gasteiger partial charge in [0.1, 0.15) is 11.3 Å². The van der Waals surface area contributed by atoms with Gasteiger partial charge < -0.3 is 4.42 Å². The fourth-order valence-electron chi connectivity index (χ4n) is 6.73. The van der Waals surface area contributed by atoms with Crippen LogP contribution in [0.1, 0.15) is 0 Å². The summed E-state index contributed by atoms with van der Waals surface area (Å²) in [5.41, 5.74) is 7.08. The van der Waals surface area contributed by atoms with E-state index in [0.717, 1.165) is 44.4 Å². The van der Waals surface area contributed by atoms with Crippen LogP contribution in [0.15, 0.2) is 168 Å². The zero-order valence-corrected chi connectivity index (χ0v) is 27.6. The Morgan fingerprint density at radius 2 is 0.940 bits per heavy atom. The molecule has 0 saturated carbocycles. The normalized spacial score (nSPS) is 11.6. The van der Waals surface area contributed by atoms with Crippen molar-refractivity contribution in [3.05, 3.63) is 164 Å². The lowest BCUT2D eigenvalue weighted by Gasteiger charge is -2.10. The minimum absolute atomic E-state index is 0.622. The van der Waals surface area contributed by atoms with Crippen LogP contribution in [0, 0.1) is 0 Å². The topological polar surface area (TPSA) is 51.8 Å². The van der Waals surface area contributed by atoms with Crippen LogP contribution >= 0.6 is 11.3 Å². The number of rotatable bonds is 5. The first-order chi connectivity index (χ1) is 24.7. The van der Waals surface area contributed by atoms with Gasteiger partial charge in [0.05, 0.1) is 0 Å². The molecule has 0 spiro atoms. The number of thiophene rings is 1. The predicted octanol–water partition coefficient (Wildman–Crippen LogP) is 12.5. The van der Waals surface area contributed by atoms with Gasteiger partial charge >= 0.3 is 0 Å². The van der Waals surface area contributed by atoms with E-state index >= 15 is 0 Å². The zero-order chi connectivity index (χ0) is 33.0. The maximum Gasteiger partial charge on any atom is 0.164 e. The van der Waals surface area contributed by atoms with Crippen molar-refractivity contribution in [2.24, 2.45) is 0 Å². The van der Waals surface area contributed by atoms with Crippen LogP contribution in [-0.4, -0.2) is 15.0 Å². The number of benzene rings is 7. The Bertz CT molecular complexity index is 2840. The van der Waals surface area contributed by atoms with Gasteiger partial charge in [0.2, 0.25) is 0 Å². The summed E-state index contributed by atoms with van der Waals surface area (Å²) < 4.78 is 8.62. The zero-order valence-electron chi connectivity index (χ0n) is 26.7. The third-order valence-corrected chi connectivity index (χ3v) is 10.5. The smallest absolute Gasteiger partial charge is 0.164 e. The first-order valence-electron chi connectivity index (χ1n) is 16.6. The highest BCUT2D eigenvalue weighted by molar-refractivity contribution is 7.25. The van der Waals surface area contributed by atoms with E-state index in [-0.39, 0.29) is 0 Å². The number of para-hydroxylation sites is 1. The minimum Gasteiger partial charge on any atom is -0.456 e. The van der Waals surface area contributed by atoms with Crippen molar-refractivity contribution in [2.45, 2.75) is 0 Å². The Labute approximate surface area is 292 Å². The lowest BCUT2D eigenvalue weighted by Crippen LogP contribution is -2.00. The molecule has 5 heteroatoms. The van der Waals surface area contributed by atoms with Crippen LogP contribution in [0.5, 0.6) is 0 Å². The van der Waals surface area contributed by atoms with Crippen LogP contribution in [0.3, 0.4) is 0 Å². The van der Waals surface area contributed by atoms with Crippen molar-refractivity contribution in [3.8, 4) is 56.6 Å². The quantitative estimate of drug-likeness (QED) is 0.185. The molecule has 3 heterocycles. The molecular weight excluding hydrogens is 631 g/mol. The third-order valence-electron chi connectivity index (χ3n) is 9.33. The van der Waals surface area contributed by atoms with Crippen LogP contribution in [0.2, 0.25) is 0 Å². The van der Waals surface area contributed by atoms with Crippen molar-refractivity contribution >= 4 is 53.3 Å². The SMILES string of the molecule is c1ccc(-c2ccc3cc(-c4nc(-c5ccc(-c6cc7ccccc7o6)cc5)nc(-c5ccc6c(c5)sc5ccccc56)n4)ccc3c2)cc1. The van der Waals surface area contributed by atoms with Crippen LogP contribution in [-0.2, 0) is 0 Å². The van der Waals surface area contributed by atoms with Crippen molar-refractivity contribution in [1.82, 2.24) is 15.0 Å². The average Bonchev–Trinajstić information content (AvgIpc) is 3.79. The molecule has 10 aromatic rings. The molecule has 0 N–H and O–H groups in total. The van der Waals surface area contributed by atoms with Gasteiger partial charge in [-0.1, -0.05) is 127 Å². The molecule has 0 aliphatic rings. The fourth-order valence-corrected chi connectivity index (χ4v) is 7.88. The number of hydrogen-bond donors (Lipinski definition) is 0. The summed E-state index contributed by atoms with van der Waals surface area (Å²) in [5.74, 6) is 2.73. The molecule has 0 aliphatic heterocycles. The van der Waals surface area contributed by atoms with Crippen LogP contribution < -0.4 is 0 Å². The molecule has 0 saturated heterocycles. The average molecular weight is 658 g/mol. The minimum atomic E-state index is 0.622. The van der Waals surface area contributed by atoms with Gasteiger partial charge in [-0.3, -0.25) is 0 Å². The highest BCUT2D eigenvalue weighted by Gasteiger charge is 2.15. The second-order valence-electron chi connectivity index (χ2n) is 12.5. The second-order valence-corrected chi connectivity index (χ2v) is 13.6. The van der Waals surface area contributed by atoms with Crippen molar-refractivity contribution in [2.75, 3.05) is 0 Å². The highest BCUT2D eigenvalue weighted by Crippen LogP contribution is 2.37. The van der Waals surface area contributed by atoms with Crippen LogP contribution in [0.25, 0.3) is 98.5 Å². The molecule has 0 bridgehead atoms. The predicted molar refractivity (Wildman–Crippen MR) is 207 cm³/mol. The number of nitrogens with zero attached hydrogens (tertiary/aromatic N) is 3. The maximum atomic E-state index is 6.14. The van der Waals surface area contributed by atoms with Gasteiger partial charge in [-0.05, 0) is 58.3 Å². The Morgan fingerprint density at radius 1 is 0.360 bits per heavy atom. The monoisotopic (exact) mass is 657 g/mol. The van der Waals surface area contributed by atoms with E-state index < -0.39 is 0 Å². The van der Waals surface area contributed by atoms with E-state index in [1.165, 1.54) is 36.7 Å². The molecule has 3 aromatic heterocycles. The molecule has 0 unspecified atom stereocenters. The van der Waals surface area contributed by atoms with E-state index in [1.54, 1.807) is 11.3 Å². The molecule has 0 atom stereocenters. The Balaban J connectivity index is 1.09. The summed E-state index contributed by atoms with van der Waals surface area (Å²) in [7, 11) is 0. The summed E-state index contributed by atoms with van der Waals surface area (Å²) in [6, 6.07) is 57.0. The summed E-state index contributed by atoms with van der Waals surface area (Å²) >= 11 is 1.79.